The Bertz CT molecular complexity index is 313. The van der Waals surface area contributed by atoms with E-state index in [1.807, 2.05) is 0 Å². The Hall–Kier alpha value is -0.370. The minimum atomic E-state index is -0.133. The number of ether oxygens (including phenoxy) is 1. The average Bonchev–Trinajstić information content (AvgIpc) is 3.09. The molecule has 1 heterocycles. The molecule has 0 spiro atoms. The second kappa shape index (κ2) is 9.70. The first kappa shape index (κ1) is 19.7. The summed E-state index contributed by atoms with van der Waals surface area (Å²) in [5.41, 5.74) is -0.133. The van der Waals surface area contributed by atoms with Gasteiger partial charge in [-0.1, -0.05) is 79.1 Å². The molecule has 2 heteroatoms. The van der Waals surface area contributed by atoms with Gasteiger partial charge in [0, 0.05) is 0 Å². The van der Waals surface area contributed by atoms with Gasteiger partial charge in [-0.2, -0.15) is 0 Å². The van der Waals surface area contributed by atoms with E-state index in [1.54, 1.807) is 0 Å². The third-order valence-electron chi connectivity index (χ3n) is 5.31. The molecular weight excluding hydrogens is 272 g/mol. The minimum Gasteiger partial charge on any atom is -0.358 e. The first-order valence-electron chi connectivity index (χ1n) is 9.50. The summed E-state index contributed by atoms with van der Waals surface area (Å²) in [6, 6.07) is 0. The summed E-state index contributed by atoms with van der Waals surface area (Å²) in [6.07, 6.45) is 12.6. The van der Waals surface area contributed by atoms with Crippen LogP contribution < -0.4 is 0 Å². The van der Waals surface area contributed by atoms with Gasteiger partial charge < -0.3 is 9.53 Å². The van der Waals surface area contributed by atoms with Crippen molar-refractivity contribution in [3.8, 4) is 0 Å². The lowest BCUT2D eigenvalue weighted by molar-refractivity contribution is -0.108. The normalized spacial score (nSPS) is 26.9. The summed E-state index contributed by atoms with van der Waals surface area (Å²) >= 11 is 0. The van der Waals surface area contributed by atoms with Crippen molar-refractivity contribution in [1.82, 2.24) is 0 Å². The summed E-state index contributed by atoms with van der Waals surface area (Å²) < 4.78 is 5.43. The standard InChI is InChI=1S/C20H38O2/c1-16(2)9-6-10-17(3)11-7-12-18(4)13-8-14-20(5)19(15-21)22-20/h15-19H,6-14H2,1-5H3/t17-,18-,19+,20-/m1/s1. The molecule has 1 saturated heterocycles. The van der Waals surface area contributed by atoms with Crippen LogP contribution in [0.25, 0.3) is 0 Å². The van der Waals surface area contributed by atoms with Gasteiger partial charge in [0.05, 0.1) is 5.60 Å². The van der Waals surface area contributed by atoms with Crippen LogP contribution in [0.4, 0.5) is 0 Å². The van der Waals surface area contributed by atoms with Crippen molar-refractivity contribution in [3.63, 3.8) is 0 Å². The fourth-order valence-electron chi connectivity index (χ4n) is 3.41. The number of carbonyl (C=O) groups is 1. The molecule has 0 amide bonds. The van der Waals surface area contributed by atoms with Crippen LogP contribution in [-0.2, 0) is 9.53 Å². The van der Waals surface area contributed by atoms with E-state index in [0.29, 0.717) is 0 Å². The molecule has 22 heavy (non-hydrogen) atoms. The zero-order chi connectivity index (χ0) is 16.6. The second-order valence-corrected chi connectivity index (χ2v) is 8.35. The van der Waals surface area contributed by atoms with Gasteiger partial charge in [-0.05, 0) is 31.1 Å². The van der Waals surface area contributed by atoms with Gasteiger partial charge >= 0.3 is 0 Å². The van der Waals surface area contributed by atoms with Crippen molar-refractivity contribution < 1.29 is 9.53 Å². The molecule has 4 atom stereocenters. The number of aldehydes is 1. The molecule has 0 aromatic rings. The molecule has 0 saturated carbocycles. The molecule has 1 aliphatic heterocycles. The fourth-order valence-corrected chi connectivity index (χ4v) is 3.41. The van der Waals surface area contributed by atoms with Gasteiger partial charge in [-0.3, -0.25) is 0 Å². The highest BCUT2D eigenvalue weighted by Gasteiger charge is 2.51. The third kappa shape index (κ3) is 7.76. The number of hydrogen-bond donors (Lipinski definition) is 0. The molecule has 0 aliphatic carbocycles. The second-order valence-electron chi connectivity index (χ2n) is 8.35. The van der Waals surface area contributed by atoms with E-state index < -0.39 is 0 Å². The molecule has 0 unspecified atom stereocenters. The smallest absolute Gasteiger partial charge is 0.151 e. The third-order valence-corrected chi connectivity index (χ3v) is 5.31. The molecule has 0 aromatic heterocycles. The van der Waals surface area contributed by atoms with E-state index in [9.17, 15) is 4.79 Å². The van der Waals surface area contributed by atoms with E-state index in [-0.39, 0.29) is 11.7 Å². The van der Waals surface area contributed by atoms with Crippen molar-refractivity contribution in [1.29, 1.82) is 0 Å². The lowest BCUT2D eigenvalue weighted by atomic mass is 9.91. The molecule has 1 aliphatic rings. The minimum absolute atomic E-state index is 0.130. The van der Waals surface area contributed by atoms with E-state index in [4.69, 9.17) is 4.74 Å². The van der Waals surface area contributed by atoms with Gasteiger partial charge in [0.2, 0.25) is 0 Å². The molecule has 1 fully saturated rings. The molecule has 0 N–H and O–H groups in total. The van der Waals surface area contributed by atoms with E-state index in [0.717, 1.165) is 30.5 Å². The largest absolute Gasteiger partial charge is 0.358 e. The van der Waals surface area contributed by atoms with Crippen LogP contribution >= 0.6 is 0 Å². The van der Waals surface area contributed by atoms with Crippen LogP contribution in [0.2, 0.25) is 0 Å². The fraction of sp³-hybridized carbons (Fsp3) is 0.950. The van der Waals surface area contributed by atoms with Gasteiger partial charge in [-0.25, -0.2) is 0 Å². The highest BCUT2D eigenvalue weighted by molar-refractivity contribution is 5.62. The van der Waals surface area contributed by atoms with E-state index in [2.05, 4.69) is 34.6 Å². The van der Waals surface area contributed by atoms with E-state index >= 15 is 0 Å². The molecular formula is C20H38O2. The van der Waals surface area contributed by atoms with Crippen LogP contribution in [-0.4, -0.2) is 18.0 Å². The number of carbonyl (C=O) groups excluding carboxylic acids is 1. The monoisotopic (exact) mass is 310 g/mol. The summed E-state index contributed by atoms with van der Waals surface area (Å²) in [5.74, 6) is 2.54. The van der Waals surface area contributed by atoms with Gasteiger partial charge in [0.15, 0.2) is 6.29 Å². The first-order chi connectivity index (χ1) is 10.4. The summed E-state index contributed by atoms with van der Waals surface area (Å²) in [7, 11) is 0. The summed E-state index contributed by atoms with van der Waals surface area (Å²) in [5, 5.41) is 0. The van der Waals surface area contributed by atoms with Crippen molar-refractivity contribution >= 4 is 6.29 Å². The Kier molecular flexibility index (Phi) is 8.67. The lowest BCUT2D eigenvalue weighted by Gasteiger charge is -2.15. The van der Waals surface area contributed by atoms with Gasteiger partial charge in [0.1, 0.15) is 6.10 Å². The maximum Gasteiger partial charge on any atom is 0.151 e. The number of hydrogen-bond acceptors (Lipinski definition) is 2. The lowest BCUT2D eigenvalue weighted by Crippen LogP contribution is -2.11. The summed E-state index contributed by atoms with van der Waals surface area (Å²) in [6.45, 7) is 11.5. The quantitative estimate of drug-likeness (QED) is 0.319. The van der Waals surface area contributed by atoms with Crippen molar-refractivity contribution in [2.75, 3.05) is 0 Å². The molecule has 0 radical (unpaired) electrons. The van der Waals surface area contributed by atoms with Crippen molar-refractivity contribution in [3.05, 3.63) is 0 Å². The maximum absolute atomic E-state index is 10.7. The van der Waals surface area contributed by atoms with Crippen molar-refractivity contribution in [2.45, 2.75) is 104 Å². The molecule has 0 bridgehead atoms. The maximum atomic E-state index is 10.7. The average molecular weight is 311 g/mol. The molecule has 1 rings (SSSR count). The topological polar surface area (TPSA) is 29.6 Å². The van der Waals surface area contributed by atoms with Crippen LogP contribution in [0.15, 0.2) is 0 Å². The highest BCUT2D eigenvalue weighted by Crippen LogP contribution is 2.39. The van der Waals surface area contributed by atoms with Crippen LogP contribution in [0, 0.1) is 17.8 Å². The Morgan fingerprint density at radius 2 is 1.41 bits per heavy atom. The predicted octanol–water partition coefficient (Wildman–Crippen LogP) is 5.78. The molecule has 2 nitrogen and oxygen atoms in total. The predicted molar refractivity (Wildman–Crippen MR) is 94.1 cm³/mol. The molecule has 0 aromatic carbocycles. The number of rotatable bonds is 13. The zero-order valence-corrected chi connectivity index (χ0v) is 15.6. The van der Waals surface area contributed by atoms with Crippen LogP contribution in [0.1, 0.15) is 92.4 Å². The Morgan fingerprint density at radius 3 is 1.86 bits per heavy atom. The van der Waals surface area contributed by atoms with E-state index in [1.165, 1.54) is 51.4 Å². The van der Waals surface area contributed by atoms with Crippen LogP contribution in [0.3, 0.4) is 0 Å². The summed E-state index contributed by atoms with van der Waals surface area (Å²) in [4.78, 5) is 10.7. The SMILES string of the molecule is CC(C)CCC[C@@H](C)CCC[C@@H](C)CCC[C@@]1(C)O[C@H]1C=O. The highest BCUT2D eigenvalue weighted by atomic mass is 16.6. The Labute approximate surface area is 138 Å². The first-order valence-corrected chi connectivity index (χ1v) is 9.50. The Balaban J connectivity index is 1.97. The van der Waals surface area contributed by atoms with Gasteiger partial charge in [0.25, 0.3) is 0 Å². The van der Waals surface area contributed by atoms with Crippen LogP contribution in [0.5, 0.6) is 0 Å². The zero-order valence-electron chi connectivity index (χ0n) is 15.6. The van der Waals surface area contributed by atoms with Gasteiger partial charge in [-0.15, -0.1) is 0 Å². The number of epoxide rings is 1. The molecule has 130 valence electrons. The van der Waals surface area contributed by atoms with Crippen molar-refractivity contribution in [2.24, 2.45) is 17.8 Å². The Morgan fingerprint density at radius 1 is 0.909 bits per heavy atom.